The molecule has 1 aliphatic heterocycles. The molecule has 0 saturated carbocycles. The average Bonchev–Trinajstić information content (AvgIpc) is 2.77. The number of benzene rings is 1. The van der Waals surface area contributed by atoms with Gasteiger partial charge < -0.3 is 15.3 Å². The van der Waals surface area contributed by atoms with Gasteiger partial charge in [-0.3, -0.25) is 0 Å². The highest BCUT2D eigenvalue weighted by molar-refractivity contribution is 5.92. The topological polar surface area (TPSA) is 69.6 Å². The van der Waals surface area contributed by atoms with Crippen LogP contribution in [0.4, 0.5) is 14.9 Å². The van der Waals surface area contributed by atoms with E-state index in [1.165, 1.54) is 12.1 Å². The molecule has 1 fully saturated rings. The third-order valence-electron chi connectivity index (χ3n) is 3.27. The van der Waals surface area contributed by atoms with Crippen molar-refractivity contribution in [2.75, 3.05) is 11.9 Å². The first-order valence-electron chi connectivity index (χ1n) is 6.09. The molecular formula is C13H15FN2O3. The first kappa shape index (κ1) is 13.3. The van der Waals surface area contributed by atoms with Crippen molar-refractivity contribution >= 4 is 17.7 Å². The highest BCUT2D eigenvalue weighted by Crippen LogP contribution is 2.20. The number of likely N-dealkylation sites (tertiary alicyclic amines) is 1. The number of hydrogen-bond donors (Lipinski definition) is 2. The van der Waals surface area contributed by atoms with Crippen LogP contribution in [-0.2, 0) is 0 Å². The molecule has 1 heterocycles. The highest BCUT2D eigenvalue weighted by Gasteiger charge is 2.25. The average molecular weight is 266 g/mol. The Kier molecular flexibility index (Phi) is 3.69. The van der Waals surface area contributed by atoms with Crippen LogP contribution in [0.15, 0.2) is 18.2 Å². The van der Waals surface area contributed by atoms with Crippen molar-refractivity contribution in [1.82, 2.24) is 4.90 Å². The molecule has 1 aliphatic rings. The quantitative estimate of drug-likeness (QED) is 0.864. The van der Waals surface area contributed by atoms with Crippen LogP contribution in [0.5, 0.6) is 0 Å². The van der Waals surface area contributed by atoms with Gasteiger partial charge in [-0.25, -0.2) is 14.0 Å². The van der Waals surface area contributed by atoms with Gasteiger partial charge in [0.2, 0.25) is 0 Å². The van der Waals surface area contributed by atoms with Gasteiger partial charge in [-0.05, 0) is 38.0 Å². The fourth-order valence-electron chi connectivity index (χ4n) is 2.17. The fourth-order valence-corrected chi connectivity index (χ4v) is 2.17. The number of rotatable bonds is 2. The molecule has 1 aromatic rings. The number of nitrogens with one attached hydrogen (secondary N) is 1. The van der Waals surface area contributed by atoms with E-state index in [0.29, 0.717) is 6.54 Å². The molecule has 6 heteroatoms. The van der Waals surface area contributed by atoms with Crippen molar-refractivity contribution in [2.24, 2.45) is 0 Å². The molecule has 0 aromatic heterocycles. The summed E-state index contributed by atoms with van der Waals surface area (Å²) in [5, 5.41) is 11.2. The van der Waals surface area contributed by atoms with Gasteiger partial charge in [0.05, 0.1) is 11.3 Å². The van der Waals surface area contributed by atoms with Crippen LogP contribution in [0.2, 0.25) is 0 Å². The van der Waals surface area contributed by atoms with Crippen molar-refractivity contribution in [3.63, 3.8) is 0 Å². The highest BCUT2D eigenvalue weighted by atomic mass is 19.1. The van der Waals surface area contributed by atoms with Gasteiger partial charge in [0.15, 0.2) is 0 Å². The molecule has 2 rings (SSSR count). The maximum absolute atomic E-state index is 13.7. The zero-order valence-electron chi connectivity index (χ0n) is 10.5. The molecule has 102 valence electrons. The second-order valence-corrected chi connectivity index (χ2v) is 4.61. The summed E-state index contributed by atoms with van der Waals surface area (Å²) in [6, 6.07) is 3.20. The molecule has 1 atom stereocenters. The Morgan fingerprint density at radius 2 is 2.21 bits per heavy atom. The van der Waals surface area contributed by atoms with Gasteiger partial charge >= 0.3 is 12.0 Å². The lowest BCUT2D eigenvalue weighted by atomic mass is 10.2. The maximum Gasteiger partial charge on any atom is 0.335 e. The largest absolute Gasteiger partial charge is 0.478 e. The molecule has 0 aliphatic carbocycles. The maximum atomic E-state index is 13.7. The lowest BCUT2D eigenvalue weighted by Gasteiger charge is -2.22. The number of carbonyl (C=O) groups excluding carboxylic acids is 1. The SMILES string of the molecule is CC1CCCN1C(=O)Nc1ccc(C(=O)O)cc1F. The van der Waals surface area contributed by atoms with Crippen molar-refractivity contribution in [3.8, 4) is 0 Å². The lowest BCUT2D eigenvalue weighted by molar-refractivity contribution is 0.0696. The van der Waals surface area contributed by atoms with Crippen LogP contribution in [0.1, 0.15) is 30.1 Å². The van der Waals surface area contributed by atoms with Gasteiger partial charge in [-0.2, -0.15) is 0 Å². The van der Waals surface area contributed by atoms with Gasteiger partial charge in [0, 0.05) is 12.6 Å². The Balaban J connectivity index is 2.11. The number of carbonyl (C=O) groups is 2. The van der Waals surface area contributed by atoms with Crippen LogP contribution < -0.4 is 5.32 Å². The molecule has 5 nitrogen and oxygen atoms in total. The number of amides is 2. The summed E-state index contributed by atoms with van der Waals surface area (Å²) < 4.78 is 13.7. The molecule has 2 N–H and O–H groups in total. The number of urea groups is 1. The number of anilines is 1. The van der Waals surface area contributed by atoms with E-state index in [9.17, 15) is 14.0 Å². The summed E-state index contributed by atoms with van der Waals surface area (Å²) in [5.41, 5.74) is -0.154. The number of carboxylic acid groups (broad SMARTS) is 1. The second-order valence-electron chi connectivity index (χ2n) is 4.61. The van der Waals surface area contributed by atoms with Gasteiger partial charge in [0.25, 0.3) is 0 Å². The molecule has 1 saturated heterocycles. The van der Waals surface area contributed by atoms with E-state index in [0.717, 1.165) is 18.9 Å². The van der Waals surface area contributed by atoms with Crippen LogP contribution in [0.3, 0.4) is 0 Å². The first-order valence-corrected chi connectivity index (χ1v) is 6.09. The molecule has 2 amide bonds. The second kappa shape index (κ2) is 5.26. The number of aromatic carboxylic acids is 1. The van der Waals surface area contributed by atoms with Crippen LogP contribution in [0.25, 0.3) is 0 Å². The van der Waals surface area contributed by atoms with Crippen LogP contribution in [-0.4, -0.2) is 34.6 Å². The molecule has 1 unspecified atom stereocenters. The smallest absolute Gasteiger partial charge is 0.335 e. The Hall–Kier alpha value is -2.11. The number of hydrogen-bond acceptors (Lipinski definition) is 2. The van der Waals surface area contributed by atoms with E-state index in [1.54, 1.807) is 4.90 Å². The van der Waals surface area contributed by atoms with Gasteiger partial charge in [-0.1, -0.05) is 0 Å². The van der Waals surface area contributed by atoms with E-state index in [1.807, 2.05) is 6.92 Å². The van der Waals surface area contributed by atoms with Crippen molar-refractivity contribution in [2.45, 2.75) is 25.8 Å². The van der Waals surface area contributed by atoms with E-state index >= 15 is 0 Å². The van der Waals surface area contributed by atoms with Crippen molar-refractivity contribution in [3.05, 3.63) is 29.6 Å². The normalized spacial score (nSPS) is 18.4. The van der Waals surface area contributed by atoms with E-state index in [-0.39, 0.29) is 23.3 Å². The predicted octanol–water partition coefficient (Wildman–Crippen LogP) is 2.54. The minimum absolute atomic E-state index is 0.00546. The lowest BCUT2D eigenvalue weighted by Crippen LogP contribution is -2.37. The number of carboxylic acids is 1. The Morgan fingerprint density at radius 1 is 1.47 bits per heavy atom. The first-order chi connectivity index (χ1) is 8.99. The van der Waals surface area contributed by atoms with E-state index in [4.69, 9.17) is 5.11 Å². The molecule has 1 aromatic carbocycles. The number of nitrogens with zero attached hydrogens (tertiary/aromatic N) is 1. The van der Waals surface area contributed by atoms with E-state index < -0.39 is 11.8 Å². The summed E-state index contributed by atoms with van der Waals surface area (Å²) in [7, 11) is 0. The summed E-state index contributed by atoms with van der Waals surface area (Å²) in [5.74, 6) is -1.95. The Labute approximate surface area is 110 Å². The fraction of sp³-hybridized carbons (Fsp3) is 0.385. The zero-order valence-corrected chi connectivity index (χ0v) is 10.5. The third-order valence-corrected chi connectivity index (χ3v) is 3.27. The molecule has 0 bridgehead atoms. The molecule has 0 spiro atoms. The monoisotopic (exact) mass is 266 g/mol. The van der Waals surface area contributed by atoms with Gasteiger partial charge in [0.1, 0.15) is 5.82 Å². The Bertz CT molecular complexity index is 519. The van der Waals surface area contributed by atoms with E-state index in [2.05, 4.69) is 5.32 Å². The molecule has 19 heavy (non-hydrogen) atoms. The summed E-state index contributed by atoms with van der Waals surface area (Å²) in [4.78, 5) is 24.2. The minimum atomic E-state index is -1.20. The molecular weight excluding hydrogens is 251 g/mol. The Morgan fingerprint density at radius 3 is 2.74 bits per heavy atom. The van der Waals surface area contributed by atoms with Crippen LogP contribution >= 0.6 is 0 Å². The standard InChI is InChI=1S/C13H15FN2O3/c1-8-3-2-6-16(8)13(19)15-11-5-4-9(12(17)18)7-10(11)14/h4-5,7-8H,2-3,6H2,1H3,(H,15,19)(H,17,18). The van der Waals surface area contributed by atoms with Crippen molar-refractivity contribution in [1.29, 1.82) is 0 Å². The van der Waals surface area contributed by atoms with Gasteiger partial charge in [-0.15, -0.1) is 0 Å². The predicted molar refractivity (Wildman–Crippen MR) is 67.8 cm³/mol. The summed E-state index contributed by atoms with van der Waals surface area (Å²) in [6.45, 7) is 2.60. The summed E-state index contributed by atoms with van der Waals surface area (Å²) >= 11 is 0. The minimum Gasteiger partial charge on any atom is -0.478 e. The molecule has 0 radical (unpaired) electrons. The van der Waals surface area contributed by atoms with Crippen LogP contribution in [0, 0.1) is 5.82 Å². The zero-order chi connectivity index (χ0) is 14.0. The third kappa shape index (κ3) is 2.83. The van der Waals surface area contributed by atoms with Crippen molar-refractivity contribution < 1.29 is 19.1 Å². The summed E-state index contributed by atoms with van der Waals surface area (Å²) in [6.07, 6.45) is 1.88. The number of halogens is 1.